The van der Waals surface area contributed by atoms with Gasteiger partial charge in [0.25, 0.3) is 5.91 Å². The van der Waals surface area contributed by atoms with Crippen LogP contribution in [0.1, 0.15) is 41.0 Å². The number of esters is 1. The fourth-order valence-electron chi connectivity index (χ4n) is 3.28. The predicted octanol–water partition coefficient (Wildman–Crippen LogP) is 2.26. The molecule has 0 bridgehead atoms. The van der Waals surface area contributed by atoms with Crippen LogP contribution in [0.4, 0.5) is 0 Å². The molecule has 2 aromatic rings. The summed E-state index contributed by atoms with van der Waals surface area (Å²) < 4.78 is 12.3. The van der Waals surface area contributed by atoms with E-state index in [-0.39, 0.29) is 11.9 Å². The molecule has 0 unspecified atom stereocenters. The van der Waals surface area contributed by atoms with Crippen molar-refractivity contribution < 1.29 is 19.1 Å². The van der Waals surface area contributed by atoms with E-state index in [4.69, 9.17) is 9.47 Å². The van der Waals surface area contributed by atoms with Gasteiger partial charge in [-0.25, -0.2) is 4.79 Å². The van der Waals surface area contributed by atoms with E-state index in [2.05, 4.69) is 5.10 Å². The highest BCUT2D eigenvalue weighted by Gasteiger charge is 2.42. The summed E-state index contributed by atoms with van der Waals surface area (Å²) in [4.78, 5) is 26.9. The molecule has 7 nitrogen and oxygen atoms in total. The molecule has 0 radical (unpaired) electrons. The number of hydrogen-bond acceptors (Lipinski definition) is 5. The SMILES string of the molecule is CCN1C(=O)[C@@H](OC(=O)c2cnn(C)c2C)C[C@@H]1c1ccc(OC)cc1. The summed E-state index contributed by atoms with van der Waals surface area (Å²) in [5.74, 6) is 0.0831. The first-order valence-corrected chi connectivity index (χ1v) is 8.60. The summed E-state index contributed by atoms with van der Waals surface area (Å²) in [5.41, 5.74) is 2.09. The lowest BCUT2D eigenvalue weighted by atomic mass is 10.0. The van der Waals surface area contributed by atoms with Gasteiger partial charge in [-0.3, -0.25) is 9.48 Å². The van der Waals surface area contributed by atoms with Crippen LogP contribution in [0.3, 0.4) is 0 Å². The van der Waals surface area contributed by atoms with Crippen molar-refractivity contribution in [1.29, 1.82) is 0 Å². The standard InChI is InChI=1S/C19H23N3O4/c1-5-22-16(13-6-8-14(25-4)9-7-13)10-17(18(22)23)26-19(24)15-11-20-21(3)12(15)2/h6-9,11,16-17H,5,10H2,1-4H3/t16-,17+/m1/s1. The number of hydrogen-bond donors (Lipinski definition) is 0. The topological polar surface area (TPSA) is 73.7 Å². The van der Waals surface area contributed by atoms with Gasteiger partial charge in [0.1, 0.15) is 11.3 Å². The molecular weight excluding hydrogens is 334 g/mol. The summed E-state index contributed by atoms with van der Waals surface area (Å²) in [6, 6.07) is 7.49. The summed E-state index contributed by atoms with van der Waals surface area (Å²) in [6.45, 7) is 4.26. The van der Waals surface area contributed by atoms with Crippen LogP contribution < -0.4 is 4.74 Å². The van der Waals surface area contributed by atoms with Gasteiger partial charge in [-0.05, 0) is 31.5 Å². The number of carbonyl (C=O) groups excluding carboxylic acids is 2. The van der Waals surface area contributed by atoms with E-state index in [0.717, 1.165) is 11.3 Å². The highest BCUT2D eigenvalue weighted by molar-refractivity contribution is 5.93. The fraction of sp³-hybridized carbons (Fsp3) is 0.421. The van der Waals surface area contributed by atoms with Gasteiger partial charge in [-0.15, -0.1) is 0 Å². The first kappa shape index (κ1) is 18.0. The van der Waals surface area contributed by atoms with Crippen LogP contribution in [-0.2, 0) is 16.6 Å². The van der Waals surface area contributed by atoms with Crippen LogP contribution in [0, 0.1) is 6.92 Å². The van der Waals surface area contributed by atoms with Crippen molar-refractivity contribution in [3.05, 3.63) is 47.3 Å². The van der Waals surface area contributed by atoms with Gasteiger partial charge in [-0.2, -0.15) is 5.10 Å². The number of likely N-dealkylation sites (N-methyl/N-ethyl adjacent to an activating group) is 1. The number of nitrogens with zero attached hydrogens (tertiary/aromatic N) is 3. The van der Waals surface area contributed by atoms with E-state index >= 15 is 0 Å². The Kier molecular flexibility index (Phi) is 4.97. The third-order valence-corrected chi connectivity index (χ3v) is 4.92. The number of amides is 1. The molecule has 1 aliphatic heterocycles. The minimum Gasteiger partial charge on any atom is -0.497 e. The highest BCUT2D eigenvalue weighted by Crippen LogP contribution is 2.35. The van der Waals surface area contributed by atoms with Gasteiger partial charge in [0.15, 0.2) is 6.10 Å². The molecule has 2 heterocycles. The molecule has 0 aliphatic carbocycles. The lowest BCUT2D eigenvalue weighted by Gasteiger charge is -2.23. The molecular formula is C19H23N3O4. The van der Waals surface area contributed by atoms with Gasteiger partial charge in [0, 0.05) is 25.7 Å². The van der Waals surface area contributed by atoms with Crippen molar-refractivity contribution in [1.82, 2.24) is 14.7 Å². The van der Waals surface area contributed by atoms with E-state index in [1.807, 2.05) is 31.2 Å². The molecule has 3 rings (SSSR count). The number of ether oxygens (including phenoxy) is 2. The van der Waals surface area contributed by atoms with Gasteiger partial charge in [0.2, 0.25) is 0 Å². The van der Waals surface area contributed by atoms with Gasteiger partial charge in [0.05, 0.1) is 19.3 Å². The second-order valence-electron chi connectivity index (χ2n) is 6.31. The fourth-order valence-corrected chi connectivity index (χ4v) is 3.28. The monoisotopic (exact) mass is 357 g/mol. The number of carbonyl (C=O) groups is 2. The zero-order chi connectivity index (χ0) is 18.8. The number of likely N-dealkylation sites (tertiary alicyclic amines) is 1. The molecule has 1 aromatic heterocycles. The quantitative estimate of drug-likeness (QED) is 0.768. The Hall–Kier alpha value is -2.83. The molecule has 1 aliphatic rings. The Morgan fingerprint density at radius 1 is 1.31 bits per heavy atom. The van der Waals surface area contributed by atoms with Crippen LogP contribution in [0.15, 0.2) is 30.5 Å². The second-order valence-corrected chi connectivity index (χ2v) is 6.31. The number of methoxy groups -OCH3 is 1. The number of aryl methyl sites for hydroxylation is 1. The van der Waals surface area contributed by atoms with Crippen LogP contribution in [-0.4, -0.2) is 46.3 Å². The molecule has 26 heavy (non-hydrogen) atoms. The molecule has 2 atom stereocenters. The molecule has 1 amide bonds. The third-order valence-electron chi connectivity index (χ3n) is 4.92. The van der Waals surface area contributed by atoms with Crippen LogP contribution >= 0.6 is 0 Å². The van der Waals surface area contributed by atoms with Crippen molar-refractivity contribution in [2.24, 2.45) is 7.05 Å². The maximum Gasteiger partial charge on any atom is 0.342 e. The maximum absolute atomic E-state index is 12.7. The smallest absolute Gasteiger partial charge is 0.342 e. The van der Waals surface area contributed by atoms with E-state index in [1.54, 1.807) is 30.7 Å². The number of benzene rings is 1. The second kappa shape index (κ2) is 7.19. The van der Waals surface area contributed by atoms with Crippen molar-refractivity contribution in [3.8, 4) is 5.75 Å². The van der Waals surface area contributed by atoms with Gasteiger partial charge in [-0.1, -0.05) is 12.1 Å². The Morgan fingerprint density at radius 2 is 2.00 bits per heavy atom. The molecule has 1 aromatic carbocycles. The first-order valence-electron chi connectivity index (χ1n) is 8.60. The summed E-state index contributed by atoms with van der Waals surface area (Å²) in [7, 11) is 3.37. The number of rotatable bonds is 5. The van der Waals surface area contributed by atoms with Crippen molar-refractivity contribution in [3.63, 3.8) is 0 Å². The Labute approximate surface area is 152 Å². The van der Waals surface area contributed by atoms with Crippen molar-refractivity contribution in [2.75, 3.05) is 13.7 Å². The summed E-state index contributed by atoms with van der Waals surface area (Å²) in [6.07, 6.45) is 1.12. The zero-order valence-electron chi connectivity index (χ0n) is 15.4. The van der Waals surface area contributed by atoms with E-state index in [1.165, 1.54) is 6.20 Å². The van der Waals surface area contributed by atoms with Crippen molar-refractivity contribution >= 4 is 11.9 Å². The predicted molar refractivity (Wildman–Crippen MR) is 94.9 cm³/mol. The minimum absolute atomic E-state index is 0.119. The first-order chi connectivity index (χ1) is 12.5. The van der Waals surface area contributed by atoms with Gasteiger partial charge < -0.3 is 14.4 Å². The Balaban J connectivity index is 1.78. The third kappa shape index (κ3) is 3.16. The lowest BCUT2D eigenvalue weighted by Crippen LogP contribution is -2.32. The molecule has 0 spiro atoms. The molecule has 1 saturated heterocycles. The van der Waals surface area contributed by atoms with Crippen LogP contribution in [0.5, 0.6) is 5.75 Å². The van der Waals surface area contributed by atoms with E-state index in [9.17, 15) is 9.59 Å². The highest BCUT2D eigenvalue weighted by atomic mass is 16.5. The molecule has 0 N–H and O–H groups in total. The molecule has 138 valence electrons. The molecule has 7 heteroatoms. The molecule has 1 fully saturated rings. The minimum atomic E-state index is -0.783. The number of aromatic nitrogens is 2. The zero-order valence-corrected chi connectivity index (χ0v) is 15.4. The van der Waals surface area contributed by atoms with Crippen molar-refractivity contribution in [2.45, 2.75) is 32.4 Å². The van der Waals surface area contributed by atoms with Crippen LogP contribution in [0.25, 0.3) is 0 Å². The van der Waals surface area contributed by atoms with Gasteiger partial charge >= 0.3 is 5.97 Å². The molecule has 0 saturated carbocycles. The Morgan fingerprint density at radius 3 is 2.54 bits per heavy atom. The van der Waals surface area contributed by atoms with Crippen LogP contribution in [0.2, 0.25) is 0 Å². The largest absolute Gasteiger partial charge is 0.497 e. The Bertz CT molecular complexity index is 813. The average Bonchev–Trinajstić information content (AvgIpc) is 3.15. The van der Waals surface area contributed by atoms with E-state index in [0.29, 0.717) is 24.2 Å². The maximum atomic E-state index is 12.7. The summed E-state index contributed by atoms with van der Waals surface area (Å²) >= 11 is 0. The van der Waals surface area contributed by atoms with E-state index < -0.39 is 12.1 Å². The lowest BCUT2D eigenvalue weighted by molar-refractivity contribution is -0.135. The average molecular weight is 357 g/mol. The summed E-state index contributed by atoms with van der Waals surface area (Å²) in [5, 5.41) is 4.05. The normalized spacial score (nSPS) is 19.7.